The monoisotopic (exact) mass is 356 g/mol. The van der Waals surface area contributed by atoms with Crippen LogP contribution in [0.15, 0.2) is 17.3 Å². The summed E-state index contributed by atoms with van der Waals surface area (Å²) in [7, 11) is 1.96. The molecular formula is C9H11IrN2O-. The maximum Gasteiger partial charge on any atom is 0.127 e. The van der Waals surface area contributed by atoms with Crippen molar-refractivity contribution in [3.63, 3.8) is 0 Å². The van der Waals surface area contributed by atoms with Crippen molar-refractivity contribution in [2.24, 2.45) is 12.0 Å². The molecule has 0 saturated carbocycles. The minimum absolute atomic E-state index is 0. The molecule has 1 aliphatic heterocycles. The first-order chi connectivity index (χ1) is 5.88. The van der Waals surface area contributed by atoms with E-state index in [0.717, 1.165) is 31.2 Å². The van der Waals surface area contributed by atoms with Gasteiger partial charge in [-0.05, 0) is 19.2 Å². The van der Waals surface area contributed by atoms with Crippen LogP contribution in [0.3, 0.4) is 0 Å². The van der Waals surface area contributed by atoms with Crippen molar-refractivity contribution in [1.82, 2.24) is 4.57 Å². The number of hydrogen-bond acceptors (Lipinski definition) is 2. The number of nitrogens with zero attached hydrogens (tertiary/aromatic N) is 2. The Kier molecular flexibility index (Phi) is 3.70. The molecule has 1 aliphatic rings. The van der Waals surface area contributed by atoms with E-state index < -0.39 is 0 Å². The van der Waals surface area contributed by atoms with Gasteiger partial charge in [0.2, 0.25) is 0 Å². The Morgan fingerprint density at radius 3 is 3.00 bits per heavy atom. The summed E-state index contributed by atoms with van der Waals surface area (Å²) in [4.78, 5) is 4.28. The van der Waals surface area contributed by atoms with Crippen molar-refractivity contribution >= 4 is 5.90 Å². The molecule has 3 nitrogen and oxygen atoms in total. The summed E-state index contributed by atoms with van der Waals surface area (Å²) in [6.45, 7) is 1.65. The molecule has 1 aromatic heterocycles. The van der Waals surface area contributed by atoms with Gasteiger partial charge in [-0.2, -0.15) is 12.1 Å². The maximum absolute atomic E-state index is 5.40. The van der Waals surface area contributed by atoms with Crippen LogP contribution in [-0.2, 0) is 31.9 Å². The largest absolute Gasteiger partial charge is 0.532 e. The molecule has 2 heterocycles. The van der Waals surface area contributed by atoms with Crippen LogP contribution in [0, 0.1) is 6.07 Å². The van der Waals surface area contributed by atoms with E-state index in [-0.39, 0.29) is 20.1 Å². The summed E-state index contributed by atoms with van der Waals surface area (Å²) in [5.41, 5.74) is 0.940. The Hall–Kier alpha value is -0.601. The second-order valence-corrected chi connectivity index (χ2v) is 2.81. The van der Waals surface area contributed by atoms with Crippen molar-refractivity contribution in [3.8, 4) is 0 Å². The second kappa shape index (κ2) is 4.58. The third-order valence-corrected chi connectivity index (χ3v) is 1.87. The molecule has 0 spiro atoms. The second-order valence-electron chi connectivity index (χ2n) is 2.81. The number of aliphatic imine (C=N–C) groups is 1. The van der Waals surface area contributed by atoms with Crippen molar-refractivity contribution in [2.45, 2.75) is 6.42 Å². The van der Waals surface area contributed by atoms with E-state index in [9.17, 15) is 0 Å². The van der Waals surface area contributed by atoms with E-state index in [4.69, 9.17) is 4.74 Å². The summed E-state index contributed by atoms with van der Waals surface area (Å²) in [6, 6.07) is 4.95. The number of ether oxygens (including phenoxy) is 1. The van der Waals surface area contributed by atoms with Crippen molar-refractivity contribution in [2.75, 3.05) is 13.2 Å². The predicted octanol–water partition coefficient (Wildman–Crippen LogP) is 0.990. The van der Waals surface area contributed by atoms with E-state index in [1.165, 1.54) is 0 Å². The molecule has 1 aromatic rings. The van der Waals surface area contributed by atoms with Crippen LogP contribution >= 0.6 is 0 Å². The van der Waals surface area contributed by atoms with E-state index in [1.54, 1.807) is 0 Å². The SMILES string of the molecule is Cn1cc[c-]c1C1=NCCCO1.[Ir]. The molecule has 0 saturated heterocycles. The molecule has 0 atom stereocenters. The van der Waals surface area contributed by atoms with Gasteiger partial charge in [0.1, 0.15) is 5.90 Å². The van der Waals surface area contributed by atoms with Crippen LogP contribution in [0.2, 0.25) is 0 Å². The summed E-state index contributed by atoms with van der Waals surface area (Å²) < 4.78 is 7.36. The van der Waals surface area contributed by atoms with E-state index in [2.05, 4.69) is 11.1 Å². The van der Waals surface area contributed by atoms with Gasteiger partial charge in [0.15, 0.2) is 0 Å². The molecule has 0 aromatic carbocycles. The standard InChI is InChI=1S/C9H11N2O.Ir/c1-11-6-2-4-8(11)9-10-5-3-7-12-9;/h2,6H,3,5,7H2,1H3;/q-1;. The van der Waals surface area contributed by atoms with Gasteiger partial charge in [0.05, 0.1) is 6.61 Å². The number of rotatable bonds is 1. The molecule has 0 unspecified atom stereocenters. The van der Waals surface area contributed by atoms with Gasteiger partial charge >= 0.3 is 0 Å². The number of hydrogen-bond donors (Lipinski definition) is 0. The van der Waals surface area contributed by atoms with Crippen LogP contribution in [-0.4, -0.2) is 23.6 Å². The number of aromatic nitrogens is 1. The van der Waals surface area contributed by atoms with Crippen LogP contribution < -0.4 is 0 Å². The molecule has 2 rings (SSSR count). The Bertz CT molecular complexity index is 306. The van der Waals surface area contributed by atoms with Gasteiger partial charge in [0.25, 0.3) is 0 Å². The third kappa shape index (κ3) is 2.20. The Morgan fingerprint density at radius 2 is 2.46 bits per heavy atom. The van der Waals surface area contributed by atoms with Crippen molar-refractivity contribution in [1.29, 1.82) is 0 Å². The first-order valence-corrected chi connectivity index (χ1v) is 4.08. The Balaban J connectivity index is 0.000000845. The van der Waals surface area contributed by atoms with Crippen molar-refractivity contribution in [3.05, 3.63) is 24.0 Å². The molecule has 0 aliphatic carbocycles. The molecule has 1 radical (unpaired) electrons. The Labute approximate surface area is 91.2 Å². The molecule has 0 N–H and O–H groups in total. The fourth-order valence-electron chi connectivity index (χ4n) is 1.22. The van der Waals surface area contributed by atoms with Crippen molar-refractivity contribution < 1.29 is 24.8 Å². The minimum atomic E-state index is 0. The zero-order chi connectivity index (χ0) is 8.39. The molecule has 0 fully saturated rings. The molecule has 73 valence electrons. The van der Waals surface area contributed by atoms with Crippen LogP contribution in [0.1, 0.15) is 12.1 Å². The average molecular weight is 355 g/mol. The zero-order valence-corrected chi connectivity index (χ0v) is 9.81. The van der Waals surface area contributed by atoms with Crippen LogP contribution in [0.25, 0.3) is 0 Å². The van der Waals surface area contributed by atoms with E-state index in [1.807, 2.05) is 23.9 Å². The normalized spacial score (nSPS) is 15.6. The summed E-state index contributed by atoms with van der Waals surface area (Å²) in [6.07, 6.45) is 2.96. The van der Waals surface area contributed by atoms with Gasteiger partial charge in [-0.3, -0.25) is 0 Å². The van der Waals surface area contributed by atoms with Gasteiger partial charge in [0, 0.05) is 26.7 Å². The van der Waals surface area contributed by atoms with E-state index in [0.29, 0.717) is 0 Å². The summed E-state index contributed by atoms with van der Waals surface area (Å²) >= 11 is 0. The van der Waals surface area contributed by atoms with Gasteiger partial charge < -0.3 is 14.3 Å². The molecular weight excluding hydrogens is 344 g/mol. The van der Waals surface area contributed by atoms with Gasteiger partial charge in [-0.15, -0.1) is 0 Å². The fraction of sp³-hybridized carbons (Fsp3) is 0.444. The summed E-state index contributed by atoms with van der Waals surface area (Å²) in [5.74, 6) is 0.730. The zero-order valence-electron chi connectivity index (χ0n) is 7.41. The maximum atomic E-state index is 5.40. The topological polar surface area (TPSA) is 26.5 Å². The smallest absolute Gasteiger partial charge is 0.127 e. The molecule has 13 heavy (non-hydrogen) atoms. The van der Waals surface area contributed by atoms with E-state index >= 15 is 0 Å². The fourth-order valence-corrected chi connectivity index (χ4v) is 1.22. The van der Waals surface area contributed by atoms with Gasteiger partial charge in [-0.1, -0.05) is 6.20 Å². The Morgan fingerprint density at radius 1 is 1.62 bits per heavy atom. The molecule has 4 heteroatoms. The predicted molar refractivity (Wildman–Crippen MR) is 46.2 cm³/mol. The quantitative estimate of drug-likeness (QED) is 0.690. The van der Waals surface area contributed by atoms with Crippen LogP contribution in [0.4, 0.5) is 0 Å². The first kappa shape index (κ1) is 10.5. The minimum Gasteiger partial charge on any atom is -0.532 e. The molecule has 0 amide bonds. The third-order valence-electron chi connectivity index (χ3n) is 1.87. The summed E-state index contributed by atoms with van der Waals surface area (Å²) in [5, 5.41) is 0. The molecule has 0 bridgehead atoms. The average Bonchev–Trinajstić information content (AvgIpc) is 2.53. The first-order valence-electron chi connectivity index (χ1n) is 4.08. The van der Waals surface area contributed by atoms with Gasteiger partial charge in [-0.25, -0.2) is 0 Å². The number of aryl methyl sites for hydroxylation is 1. The van der Waals surface area contributed by atoms with Crippen LogP contribution in [0.5, 0.6) is 0 Å².